The standard InChI is InChI=1S/C12H16BrNO/c13-11-3-1-2-4-12(11)14-7-8-15-9-10-5-6-10/h1-4,10,14H,5-9H2. The Bertz CT molecular complexity index is 312. The normalized spacial score (nSPS) is 15.3. The van der Waals surface area contributed by atoms with Crippen LogP contribution in [0.4, 0.5) is 5.69 Å². The molecule has 15 heavy (non-hydrogen) atoms. The van der Waals surface area contributed by atoms with E-state index in [9.17, 15) is 0 Å². The van der Waals surface area contributed by atoms with Crippen molar-refractivity contribution < 1.29 is 4.74 Å². The minimum Gasteiger partial charge on any atom is -0.382 e. The van der Waals surface area contributed by atoms with Crippen LogP contribution < -0.4 is 5.32 Å². The lowest BCUT2D eigenvalue weighted by atomic mass is 10.3. The number of para-hydroxylation sites is 1. The van der Waals surface area contributed by atoms with E-state index >= 15 is 0 Å². The van der Waals surface area contributed by atoms with Crippen LogP contribution in [0, 0.1) is 5.92 Å². The molecular formula is C12H16BrNO. The molecule has 1 fully saturated rings. The predicted octanol–water partition coefficient (Wildman–Crippen LogP) is 3.29. The van der Waals surface area contributed by atoms with Gasteiger partial charge in [-0.2, -0.15) is 0 Å². The lowest BCUT2D eigenvalue weighted by molar-refractivity contribution is 0.134. The number of nitrogens with one attached hydrogen (secondary N) is 1. The SMILES string of the molecule is Brc1ccccc1NCCOCC1CC1. The van der Waals surface area contributed by atoms with Gasteiger partial charge in [0.05, 0.1) is 6.61 Å². The Kier molecular flexibility index (Phi) is 4.03. The Morgan fingerprint density at radius 2 is 2.13 bits per heavy atom. The summed E-state index contributed by atoms with van der Waals surface area (Å²) in [6, 6.07) is 8.13. The summed E-state index contributed by atoms with van der Waals surface area (Å²) >= 11 is 3.50. The summed E-state index contributed by atoms with van der Waals surface area (Å²) in [7, 11) is 0. The van der Waals surface area contributed by atoms with Gasteiger partial charge in [-0.05, 0) is 46.8 Å². The van der Waals surface area contributed by atoms with Crippen LogP contribution in [0.25, 0.3) is 0 Å². The van der Waals surface area contributed by atoms with Gasteiger partial charge in [-0.25, -0.2) is 0 Å². The zero-order valence-electron chi connectivity index (χ0n) is 8.71. The highest BCUT2D eigenvalue weighted by molar-refractivity contribution is 9.10. The highest BCUT2D eigenvalue weighted by Gasteiger charge is 2.20. The molecule has 1 aliphatic rings. The summed E-state index contributed by atoms with van der Waals surface area (Å²) in [5.41, 5.74) is 1.13. The molecular weight excluding hydrogens is 254 g/mol. The van der Waals surface area contributed by atoms with Crippen LogP contribution in [0.2, 0.25) is 0 Å². The minimum absolute atomic E-state index is 0.790. The third-order valence-electron chi connectivity index (χ3n) is 2.49. The molecule has 0 bridgehead atoms. The Morgan fingerprint density at radius 3 is 2.87 bits per heavy atom. The van der Waals surface area contributed by atoms with Crippen molar-refractivity contribution in [3.8, 4) is 0 Å². The minimum atomic E-state index is 0.790. The van der Waals surface area contributed by atoms with Gasteiger partial charge in [-0.3, -0.25) is 0 Å². The third kappa shape index (κ3) is 3.84. The van der Waals surface area contributed by atoms with Crippen LogP contribution in [-0.2, 0) is 4.74 Å². The number of halogens is 1. The summed E-state index contributed by atoms with van der Waals surface area (Å²) in [6.07, 6.45) is 2.72. The third-order valence-corrected chi connectivity index (χ3v) is 3.18. The lowest BCUT2D eigenvalue weighted by Gasteiger charge is -2.08. The van der Waals surface area contributed by atoms with Gasteiger partial charge < -0.3 is 10.1 Å². The molecule has 0 amide bonds. The molecule has 82 valence electrons. The average Bonchev–Trinajstić information content (AvgIpc) is 3.04. The van der Waals surface area contributed by atoms with E-state index in [0.29, 0.717) is 0 Å². The van der Waals surface area contributed by atoms with E-state index in [1.165, 1.54) is 12.8 Å². The van der Waals surface area contributed by atoms with E-state index in [0.717, 1.165) is 35.8 Å². The van der Waals surface area contributed by atoms with Crippen molar-refractivity contribution in [1.29, 1.82) is 0 Å². The Balaban J connectivity index is 1.62. The van der Waals surface area contributed by atoms with Crippen LogP contribution in [0.15, 0.2) is 28.7 Å². The van der Waals surface area contributed by atoms with Crippen molar-refractivity contribution in [2.45, 2.75) is 12.8 Å². The van der Waals surface area contributed by atoms with Crippen molar-refractivity contribution in [3.63, 3.8) is 0 Å². The molecule has 0 spiro atoms. The summed E-state index contributed by atoms with van der Waals surface area (Å²) < 4.78 is 6.65. The van der Waals surface area contributed by atoms with E-state index < -0.39 is 0 Å². The molecule has 0 aliphatic heterocycles. The molecule has 2 nitrogen and oxygen atoms in total. The Labute approximate surface area is 99.1 Å². The molecule has 0 radical (unpaired) electrons. The monoisotopic (exact) mass is 269 g/mol. The lowest BCUT2D eigenvalue weighted by Crippen LogP contribution is -2.10. The van der Waals surface area contributed by atoms with Crippen molar-refractivity contribution in [2.75, 3.05) is 25.1 Å². The summed E-state index contributed by atoms with van der Waals surface area (Å²) in [6.45, 7) is 2.60. The number of hydrogen-bond acceptors (Lipinski definition) is 2. The van der Waals surface area contributed by atoms with Gasteiger partial charge in [-0.15, -0.1) is 0 Å². The fourth-order valence-electron chi connectivity index (χ4n) is 1.40. The smallest absolute Gasteiger partial charge is 0.0639 e. The second-order valence-corrected chi connectivity index (χ2v) is 4.78. The fourth-order valence-corrected chi connectivity index (χ4v) is 1.82. The van der Waals surface area contributed by atoms with Crippen LogP contribution in [0.3, 0.4) is 0 Å². The molecule has 1 aromatic rings. The first-order valence-corrected chi connectivity index (χ1v) is 6.21. The number of hydrogen-bond donors (Lipinski definition) is 1. The van der Waals surface area contributed by atoms with Crippen molar-refractivity contribution >= 4 is 21.6 Å². The van der Waals surface area contributed by atoms with Gasteiger partial charge in [0, 0.05) is 23.3 Å². The van der Waals surface area contributed by atoms with Crippen LogP contribution in [0.5, 0.6) is 0 Å². The molecule has 0 heterocycles. The number of ether oxygens (including phenoxy) is 1. The van der Waals surface area contributed by atoms with Gasteiger partial charge in [-0.1, -0.05) is 12.1 Å². The number of rotatable bonds is 6. The van der Waals surface area contributed by atoms with Gasteiger partial charge in [0.25, 0.3) is 0 Å². The van der Waals surface area contributed by atoms with E-state index in [1.54, 1.807) is 0 Å². The first-order valence-electron chi connectivity index (χ1n) is 5.42. The molecule has 2 rings (SSSR count). The maximum Gasteiger partial charge on any atom is 0.0639 e. The molecule has 3 heteroatoms. The molecule has 1 N–H and O–H groups in total. The largest absolute Gasteiger partial charge is 0.382 e. The van der Waals surface area contributed by atoms with Gasteiger partial charge >= 0.3 is 0 Å². The molecule has 1 aromatic carbocycles. The molecule has 1 aliphatic carbocycles. The predicted molar refractivity (Wildman–Crippen MR) is 66.2 cm³/mol. The van der Waals surface area contributed by atoms with Gasteiger partial charge in [0.15, 0.2) is 0 Å². The first-order chi connectivity index (χ1) is 7.36. The molecule has 1 saturated carbocycles. The second-order valence-electron chi connectivity index (χ2n) is 3.92. The molecule has 0 unspecified atom stereocenters. The number of benzene rings is 1. The highest BCUT2D eigenvalue weighted by atomic mass is 79.9. The Morgan fingerprint density at radius 1 is 1.33 bits per heavy atom. The van der Waals surface area contributed by atoms with Crippen molar-refractivity contribution in [3.05, 3.63) is 28.7 Å². The van der Waals surface area contributed by atoms with Gasteiger partial charge in [0.1, 0.15) is 0 Å². The average molecular weight is 270 g/mol. The van der Waals surface area contributed by atoms with E-state index in [2.05, 4.69) is 27.3 Å². The summed E-state index contributed by atoms with van der Waals surface area (Å²) in [4.78, 5) is 0. The van der Waals surface area contributed by atoms with E-state index in [4.69, 9.17) is 4.74 Å². The quantitative estimate of drug-likeness (QED) is 0.801. The maximum atomic E-state index is 5.54. The molecule has 0 atom stereocenters. The van der Waals surface area contributed by atoms with Crippen LogP contribution in [-0.4, -0.2) is 19.8 Å². The van der Waals surface area contributed by atoms with Crippen LogP contribution >= 0.6 is 15.9 Å². The van der Waals surface area contributed by atoms with E-state index in [-0.39, 0.29) is 0 Å². The second kappa shape index (κ2) is 5.52. The highest BCUT2D eigenvalue weighted by Crippen LogP contribution is 2.28. The fraction of sp³-hybridized carbons (Fsp3) is 0.500. The zero-order valence-corrected chi connectivity index (χ0v) is 10.3. The summed E-state index contributed by atoms with van der Waals surface area (Å²) in [5.74, 6) is 0.855. The maximum absolute atomic E-state index is 5.54. The Hall–Kier alpha value is -0.540. The summed E-state index contributed by atoms with van der Waals surface area (Å²) in [5, 5.41) is 3.34. The zero-order chi connectivity index (χ0) is 10.5. The van der Waals surface area contributed by atoms with E-state index in [1.807, 2.05) is 18.2 Å². The first kappa shape index (κ1) is 11.0. The van der Waals surface area contributed by atoms with Gasteiger partial charge in [0.2, 0.25) is 0 Å². The molecule has 0 saturated heterocycles. The van der Waals surface area contributed by atoms with Crippen molar-refractivity contribution in [1.82, 2.24) is 0 Å². The number of anilines is 1. The van der Waals surface area contributed by atoms with Crippen molar-refractivity contribution in [2.24, 2.45) is 5.92 Å². The topological polar surface area (TPSA) is 21.3 Å². The van der Waals surface area contributed by atoms with Crippen LogP contribution in [0.1, 0.15) is 12.8 Å². The molecule has 0 aromatic heterocycles.